The van der Waals surface area contributed by atoms with Gasteiger partial charge in [-0.1, -0.05) is 18.2 Å². The van der Waals surface area contributed by atoms with E-state index in [1.807, 2.05) is 49.3 Å². The first-order valence-electron chi connectivity index (χ1n) is 6.76. The molecule has 0 aliphatic carbocycles. The molecule has 118 valence electrons. The SMILES string of the molecule is CN(C)CCOC(=O)c1cccnc1Nc1ccccc1.Cl. The summed E-state index contributed by atoms with van der Waals surface area (Å²) in [7, 11) is 3.86. The molecule has 0 bridgehead atoms. The highest BCUT2D eigenvalue weighted by molar-refractivity contribution is 5.95. The van der Waals surface area contributed by atoms with Crippen molar-refractivity contribution in [1.29, 1.82) is 0 Å². The molecule has 0 aliphatic rings. The van der Waals surface area contributed by atoms with E-state index in [0.717, 1.165) is 5.69 Å². The standard InChI is InChI=1S/C16H19N3O2.ClH/c1-19(2)11-12-21-16(20)14-9-6-10-17-15(14)18-13-7-4-3-5-8-13;/h3-10H,11-12H2,1-2H3,(H,17,18);1H. The Bertz CT molecular complexity index is 591. The van der Waals surface area contributed by atoms with Crippen LogP contribution in [-0.4, -0.2) is 43.1 Å². The van der Waals surface area contributed by atoms with Gasteiger partial charge in [-0.2, -0.15) is 0 Å². The number of pyridine rings is 1. The maximum atomic E-state index is 12.1. The number of esters is 1. The third-order valence-corrected chi connectivity index (χ3v) is 2.84. The molecule has 22 heavy (non-hydrogen) atoms. The quantitative estimate of drug-likeness (QED) is 0.829. The lowest BCUT2D eigenvalue weighted by atomic mass is 10.2. The second-order valence-electron chi connectivity index (χ2n) is 4.83. The summed E-state index contributed by atoms with van der Waals surface area (Å²) in [5.41, 5.74) is 1.30. The van der Waals surface area contributed by atoms with Gasteiger partial charge < -0.3 is 15.0 Å². The zero-order valence-corrected chi connectivity index (χ0v) is 13.5. The topological polar surface area (TPSA) is 54.5 Å². The molecule has 0 saturated heterocycles. The molecule has 0 spiro atoms. The van der Waals surface area contributed by atoms with E-state index in [2.05, 4.69) is 10.3 Å². The van der Waals surface area contributed by atoms with Gasteiger partial charge in [0.05, 0.1) is 0 Å². The zero-order chi connectivity index (χ0) is 15.1. The number of hydrogen-bond acceptors (Lipinski definition) is 5. The summed E-state index contributed by atoms with van der Waals surface area (Å²) in [5, 5.41) is 3.13. The number of para-hydroxylation sites is 1. The van der Waals surface area contributed by atoms with Crippen LogP contribution < -0.4 is 5.32 Å². The minimum atomic E-state index is -0.372. The molecule has 6 heteroatoms. The van der Waals surface area contributed by atoms with Gasteiger partial charge in [0, 0.05) is 18.4 Å². The molecule has 2 rings (SSSR count). The molecule has 5 nitrogen and oxygen atoms in total. The summed E-state index contributed by atoms with van der Waals surface area (Å²) >= 11 is 0. The molecule has 0 saturated carbocycles. The second-order valence-corrected chi connectivity index (χ2v) is 4.83. The van der Waals surface area contributed by atoms with Gasteiger partial charge in [-0.25, -0.2) is 9.78 Å². The number of carbonyl (C=O) groups is 1. The Balaban J connectivity index is 0.00000242. The van der Waals surface area contributed by atoms with Crippen molar-refractivity contribution in [1.82, 2.24) is 9.88 Å². The molecule has 0 unspecified atom stereocenters. The van der Waals surface area contributed by atoms with Crippen LogP contribution in [0.2, 0.25) is 0 Å². The van der Waals surface area contributed by atoms with Crippen LogP contribution >= 0.6 is 12.4 Å². The van der Waals surface area contributed by atoms with Crippen LogP contribution in [0.5, 0.6) is 0 Å². The first-order valence-corrected chi connectivity index (χ1v) is 6.76. The molecule has 0 amide bonds. The third-order valence-electron chi connectivity index (χ3n) is 2.84. The monoisotopic (exact) mass is 321 g/mol. The van der Waals surface area contributed by atoms with Crippen molar-refractivity contribution in [2.75, 3.05) is 32.6 Å². The van der Waals surface area contributed by atoms with Crippen LogP contribution in [-0.2, 0) is 4.74 Å². The highest BCUT2D eigenvalue weighted by atomic mass is 35.5. The Morgan fingerprint density at radius 3 is 2.59 bits per heavy atom. The molecule has 1 N–H and O–H groups in total. The van der Waals surface area contributed by atoms with Crippen LogP contribution in [0.25, 0.3) is 0 Å². The lowest BCUT2D eigenvalue weighted by Gasteiger charge is -2.12. The Kier molecular flexibility index (Phi) is 7.36. The predicted octanol–water partition coefficient (Wildman–Crippen LogP) is 2.97. The van der Waals surface area contributed by atoms with Crippen LogP contribution in [0.1, 0.15) is 10.4 Å². The molecular weight excluding hydrogens is 302 g/mol. The molecule has 1 aromatic carbocycles. The lowest BCUT2D eigenvalue weighted by molar-refractivity contribution is 0.0482. The third kappa shape index (κ3) is 5.35. The van der Waals surface area contributed by atoms with E-state index in [4.69, 9.17) is 4.74 Å². The maximum Gasteiger partial charge on any atom is 0.341 e. The Morgan fingerprint density at radius 2 is 1.91 bits per heavy atom. The molecule has 1 aromatic heterocycles. The van der Waals surface area contributed by atoms with Crippen molar-refractivity contribution >= 4 is 29.9 Å². The van der Waals surface area contributed by atoms with Crippen molar-refractivity contribution in [3.63, 3.8) is 0 Å². The Hall–Kier alpha value is -2.11. The number of carbonyl (C=O) groups excluding carboxylic acids is 1. The average molecular weight is 322 g/mol. The number of ether oxygens (including phenoxy) is 1. The molecule has 0 fully saturated rings. The molecule has 1 heterocycles. The highest BCUT2D eigenvalue weighted by Gasteiger charge is 2.13. The minimum absolute atomic E-state index is 0. The van der Waals surface area contributed by atoms with Crippen molar-refractivity contribution in [3.05, 3.63) is 54.2 Å². The van der Waals surface area contributed by atoms with Crippen molar-refractivity contribution in [2.24, 2.45) is 0 Å². The van der Waals surface area contributed by atoms with Gasteiger partial charge in [-0.05, 0) is 38.4 Å². The summed E-state index contributed by atoms with van der Waals surface area (Å²) in [4.78, 5) is 18.3. The number of halogens is 1. The van der Waals surface area contributed by atoms with Crippen molar-refractivity contribution < 1.29 is 9.53 Å². The molecule has 0 atom stereocenters. The molecule has 0 radical (unpaired) electrons. The van der Waals surface area contributed by atoms with E-state index < -0.39 is 0 Å². The van der Waals surface area contributed by atoms with Gasteiger partial charge >= 0.3 is 5.97 Å². The minimum Gasteiger partial charge on any atom is -0.461 e. The fourth-order valence-electron chi connectivity index (χ4n) is 1.73. The van der Waals surface area contributed by atoms with Crippen LogP contribution in [0.4, 0.5) is 11.5 Å². The van der Waals surface area contributed by atoms with Crippen molar-refractivity contribution in [3.8, 4) is 0 Å². The van der Waals surface area contributed by atoms with Crippen molar-refractivity contribution in [2.45, 2.75) is 0 Å². The predicted molar refractivity (Wildman–Crippen MR) is 90.0 cm³/mol. The molecule has 2 aromatic rings. The second kappa shape index (κ2) is 9.02. The van der Waals surface area contributed by atoms with E-state index >= 15 is 0 Å². The number of aromatic nitrogens is 1. The summed E-state index contributed by atoms with van der Waals surface area (Å²) in [6.45, 7) is 1.04. The van der Waals surface area contributed by atoms with E-state index in [-0.39, 0.29) is 18.4 Å². The van der Waals surface area contributed by atoms with Gasteiger partial charge in [-0.15, -0.1) is 12.4 Å². The van der Waals surface area contributed by atoms with Crippen LogP contribution in [0, 0.1) is 0 Å². The van der Waals surface area contributed by atoms with Crippen LogP contribution in [0.3, 0.4) is 0 Å². The van der Waals surface area contributed by atoms with E-state index in [9.17, 15) is 4.79 Å². The Morgan fingerprint density at radius 1 is 1.18 bits per heavy atom. The first kappa shape index (κ1) is 17.9. The summed E-state index contributed by atoms with van der Waals surface area (Å²) in [6, 6.07) is 13.0. The smallest absolute Gasteiger partial charge is 0.341 e. The number of likely N-dealkylation sites (N-methyl/N-ethyl adjacent to an activating group) is 1. The number of benzene rings is 1. The van der Waals surface area contributed by atoms with Gasteiger partial charge in [0.15, 0.2) is 0 Å². The number of anilines is 2. The maximum absolute atomic E-state index is 12.1. The summed E-state index contributed by atoms with van der Waals surface area (Å²) < 4.78 is 5.26. The van der Waals surface area contributed by atoms with E-state index in [1.54, 1.807) is 18.3 Å². The number of nitrogens with zero attached hydrogens (tertiary/aromatic N) is 2. The zero-order valence-electron chi connectivity index (χ0n) is 12.7. The van der Waals surface area contributed by atoms with Gasteiger partial charge in [0.1, 0.15) is 18.0 Å². The van der Waals surface area contributed by atoms with Gasteiger partial charge in [0.25, 0.3) is 0 Å². The van der Waals surface area contributed by atoms with Gasteiger partial charge in [-0.3, -0.25) is 0 Å². The highest BCUT2D eigenvalue weighted by Crippen LogP contribution is 2.18. The Labute approximate surface area is 136 Å². The number of rotatable bonds is 6. The number of nitrogens with one attached hydrogen (secondary N) is 1. The largest absolute Gasteiger partial charge is 0.461 e. The van der Waals surface area contributed by atoms with E-state index in [0.29, 0.717) is 24.5 Å². The summed E-state index contributed by atoms with van der Waals surface area (Å²) in [5.74, 6) is 0.127. The number of hydrogen-bond donors (Lipinski definition) is 1. The molecular formula is C16H20ClN3O2. The molecule has 0 aliphatic heterocycles. The van der Waals surface area contributed by atoms with Gasteiger partial charge in [0.2, 0.25) is 0 Å². The normalized spacial score (nSPS) is 9.95. The average Bonchev–Trinajstić information content (AvgIpc) is 2.48. The summed E-state index contributed by atoms with van der Waals surface area (Å²) in [6.07, 6.45) is 1.64. The first-order chi connectivity index (χ1) is 10.2. The van der Waals surface area contributed by atoms with Crippen LogP contribution in [0.15, 0.2) is 48.7 Å². The fourth-order valence-corrected chi connectivity index (χ4v) is 1.73. The van der Waals surface area contributed by atoms with E-state index in [1.165, 1.54) is 0 Å². The lowest BCUT2D eigenvalue weighted by Crippen LogP contribution is -2.20. The fraction of sp³-hybridized carbons (Fsp3) is 0.250.